The van der Waals surface area contributed by atoms with Gasteiger partial charge >= 0.3 is 5.97 Å². The highest BCUT2D eigenvalue weighted by molar-refractivity contribution is 5.98. The lowest BCUT2D eigenvalue weighted by atomic mass is 10.0. The number of aromatic amines is 1. The van der Waals surface area contributed by atoms with E-state index in [9.17, 15) is 58.2 Å². The number of fused-ring (bicyclic) bond motifs is 1. The topological polar surface area (TPSA) is 349 Å². The first-order valence-corrected chi connectivity index (χ1v) is 23.2. The minimum Gasteiger partial charge on any atom is -0.508 e. The molecular weight excluding hydrogens is 921 g/mol. The summed E-state index contributed by atoms with van der Waals surface area (Å²) in [6.45, 7) is 2.53. The van der Waals surface area contributed by atoms with Crippen molar-refractivity contribution in [2.45, 2.75) is 114 Å². The van der Waals surface area contributed by atoms with Crippen LogP contribution in [0.25, 0.3) is 10.9 Å². The number of nitrogens with one attached hydrogen (secondary N) is 9. The lowest BCUT2D eigenvalue weighted by Crippen LogP contribution is -2.59. The number of aromatic nitrogens is 1. The van der Waals surface area contributed by atoms with Gasteiger partial charge < -0.3 is 63.5 Å². The maximum absolute atomic E-state index is 14.3. The van der Waals surface area contributed by atoms with Crippen molar-refractivity contribution in [2.24, 2.45) is 5.73 Å². The second-order valence-corrected chi connectivity index (χ2v) is 17.2. The average Bonchev–Trinajstić information content (AvgIpc) is 3.97. The third-order valence-electron chi connectivity index (χ3n) is 11.7. The van der Waals surface area contributed by atoms with Gasteiger partial charge in [-0.1, -0.05) is 80.4 Å². The van der Waals surface area contributed by atoms with Gasteiger partial charge in [0.1, 0.15) is 48.0 Å². The van der Waals surface area contributed by atoms with Crippen molar-refractivity contribution >= 4 is 70.0 Å². The fourth-order valence-electron chi connectivity index (χ4n) is 7.78. The maximum atomic E-state index is 14.3. The lowest BCUT2D eigenvalue weighted by molar-refractivity contribution is -0.141. The van der Waals surface area contributed by atoms with Gasteiger partial charge in [-0.05, 0) is 54.7 Å². The largest absolute Gasteiger partial charge is 0.508 e. The second kappa shape index (κ2) is 25.9. The number of H-pyrrole nitrogens is 1. The highest BCUT2D eigenvalue weighted by atomic mass is 16.4. The van der Waals surface area contributed by atoms with Crippen LogP contribution >= 0.6 is 0 Å². The number of amides is 9. The molecule has 1 aliphatic rings. The molecule has 0 unspecified atom stereocenters. The molecule has 1 aliphatic heterocycles. The fraction of sp³-hybridized carbons (Fsp3) is 0.388. The molecular formula is C49H60N10O12. The van der Waals surface area contributed by atoms with Crippen molar-refractivity contribution in [3.05, 3.63) is 102 Å². The number of para-hydroxylation sites is 1. The molecule has 22 nitrogen and oxygen atoms in total. The monoisotopic (exact) mass is 980 g/mol. The van der Waals surface area contributed by atoms with Crippen LogP contribution in [0.15, 0.2) is 85.1 Å². The number of phenols is 1. The average molecular weight is 981 g/mol. The van der Waals surface area contributed by atoms with Crippen LogP contribution in [0.1, 0.15) is 69.1 Å². The molecule has 0 saturated carbocycles. The van der Waals surface area contributed by atoms with E-state index in [0.29, 0.717) is 29.5 Å². The Balaban J connectivity index is 1.31. The summed E-state index contributed by atoms with van der Waals surface area (Å²) in [5.74, 6) is -8.47. The Bertz CT molecular complexity index is 2570. The third-order valence-corrected chi connectivity index (χ3v) is 11.7. The van der Waals surface area contributed by atoms with Crippen LogP contribution in [0.5, 0.6) is 5.75 Å². The van der Waals surface area contributed by atoms with Crippen molar-refractivity contribution in [3.8, 4) is 5.75 Å². The van der Waals surface area contributed by atoms with E-state index in [4.69, 9.17) is 5.73 Å². The van der Waals surface area contributed by atoms with Crippen molar-refractivity contribution in [3.63, 3.8) is 0 Å². The number of hydrogen-bond donors (Lipinski definition) is 12. The molecule has 71 heavy (non-hydrogen) atoms. The van der Waals surface area contributed by atoms with Crippen molar-refractivity contribution in [1.29, 1.82) is 0 Å². The van der Waals surface area contributed by atoms with Crippen LogP contribution in [-0.4, -0.2) is 123 Å². The van der Waals surface area contributed by atoms with Crippen LogP contribution in [0.4, 0.5) is 0 Å². The molecule has 0 spiro atoms. The number of unbranched alkanes of at least 4 members (excludes halogenated alkanes) is 1. The summed E-state index contributed by atoms with van der Waals surface area (Å²) in [7, 11) is 0. The van der Waals surface area contributed by atoms with Crippen LogP contribution in [0, 0.1) is 0 Å². The maximum Gasteiger partial charge on any atom is 0.305 e. The number of hydrogen-bond acceptors (Lipinski definition) is 11. The Morgan fingerprint density at radius 3 is 1.94 bits per heavy atom. The first kappa shape index (κ1) is 53.7. The summed E-state index contributed by atoms with van der Waals surface area (Å²) >= 11 is 0. The molecule has 0 bridgehead atoms. The number of aliphatic carboxylic acids is 1. The normalized spacial score (nSPS) is 15.6. The van der Waals surface area contributed by atoms with Gasteiger partial charge in [0.25, 0.3) is 0 Å². The molecule has 4 aromatic rings. The molecule has 0 aliphatic carbocycles. The number of carboxylic acid groups (broad SMARTS) is 1. The SMILES string of the molecule is CCCC[C@H](NC(=O)[C@H](Cc1c[nH]c2ccccc12)NC(=O)CNC(=O)[C@H](Cc1ccc(O)cc1)NC(=O)[C@H](C)NC(=O)[C@@H]1CCC(=O)N1)C(=O)N[C@@H](CC(=O)O)C(=O)N[C@@H](Cc1ccccc1)C(N)=O. The highest BCUT2D eigenvalue weighted by Gasteiger charge is 2.34. The lowest BCUT2D eigenvalue weighted by Gasteiger charge is -2.26. The molecule has 13 N–H and O–H groups in total. The van der Waals surface area contributed by atoms with Gasteiger partial charge in [-0.2, -0.15) is 0 Å². The number of phenolic OH excluding ortho intramolecular Hbond substituents is 1. The highest BCUT2D eigenvalue weighted by Crippen LogP contribution is 2.20. The zero-order valence-corrected chi connectivity index (χ0v) is 39.2. The minimum atomic E-state index is -1.70. The van der Waals surface area contributed by atoms with Crippen molar-refractivity contribution < 1.29 is 58.2 Å². The van der Waals surface area contributed by atoms with E-state index in [2.05, 4.69) is 47.5 Å². The fourth-order valence-corrected chi connectivity index (χ4v) is 7.78. The molecule has 5 rings (SSSR count). The first-order valence-electron chi connectivity index (χ1n) is 23.2. The number of carboxylic acids is 1. The summed E-state index contributed by atoms with van der Waals surface area (Å²) in [5, 5.41) is 40.5. The van der Waals surface area contributed by atoms with Crippen molar-refractivity contribution in [1.82, 2.24) is 47.5 Å². The van der Waals surface area contributed by atoms with E-state index in [1.54, 1.807) is 60.8 Å². The predicted molar refractivity (Wildman–Crippen MR) is 256 cm³/mol. The molecule has 1 saturated heterocycles. The molecule has 9 amide bonds. The van der Waals surface area contributed by atoms with E-state index < -0.39 is 108 Å². The zero-order chi connectivity index (χ0) is 51.6. The van der Waals surface area contributed by atoms with E-state index in [1.807, 2.05) is 6.92 Å². The van der Waals surface area contributed by atoms with E-state index in [0.717, 1.165) is 10.9 Å². The van der Waals surface area contributed by atoms with Crippen LogP contribution < -0.4 is 48.3 Å². The smallest absolute Gasteiger partial charge is 0.305 e. The molecule has 2 heterocycles. The number of benzene rings is 3. The Labute approximate surface area is 408 Å². The molecule has 378 valence electrons. The first-order chi connectivity index (χ1) is 33.9. The van der Waals surface area contributed by atoms with E-state index in [1.165, 1.54) is 31.2 Å². The number of carbonyl (C=O) groups is 10. The second-order valence-electron chi connectivity index (χ2n) is 17.2. The van der Waals surface area contributed by atoms with Gasteiger partial charge in [-0.15, -0.1) is 0 Å². The standard InChI is InChI=1S/C49H60N10O12/c1-3-4-13-34(47(69)59-39(24-42(63)64)49(71)57-36(43(50)65)21-28-10-6-5-7-11-28)56-48(70)38(23-30-25-51-33-14-9-8-12-32(30)33)55-41(62)26-52-45(67)37(22-29-15-17-31(60)18-16-29)58-44(66)27(2)53-46(68)35-19-20-40(61)54-35/h5-12,14-18,25,27,34-39,51,60H,3-4,13,19-24,26H2,1-2H3,(H2,50,65)(H,52,67)(H,53,68)(H,54,61)(H,55,62)(H,56,70)(H,57,71)(H,58,66)(H,59,69)(H,63,64)/t27-,34-,35-,36-,37-,38-,39-/m0/s1. The predicted octanol–water partition coefficient (Wildman–Crippen LogP) is -0.625. The molecule has 1 aromatic heterocycles. The minimum absolute atomic E-state index is 0.0146. The van der Waals surface area contributed by atoms with Gasteiger partial charge in [0.05, 0.1) is 13.0 Å². The van der Waals surface area contributed by atoms with E-state index in [-0.39, 0.29) is 50.2 Å². The summed E-state index contributed by atoms with van der Waals surface area (Å²) in [6, 6.07) is 12.6. The van der Waals surface area contributed by atoms with Crippen LogP contribution in [0.2, 0.25) is 0 Å². The summed E-state index contributed by atoms with van der Waals surface area (Å²) < 4.78 is 0. The Hall–Kier alpha value is -8.30. The summed E-state index contributed by atoms with van der Waals surface area (Å²) in [5.41, 5.74) is 8.07. The van der Waals surface area contributed by atoms with Gasteiger partial charge in [0.2, 0.25) is 53.2 Å². The molecule has 7 atom stereocenters. The van der Waals surface area contributed by atoms with Gasteiger partial charge in [-0.3, -0.25) is 47.9 Å². The molecule has 22 heteroatoms. The number of nitrogens with two attached hydrogens (primary N) is 1. The van der Waals surface area contributed by atoms with Gasteiger partial charge in [0, 0.05) is 42.8 Å². The molecule has 1 fully saturated rings. The van der Waals surface area contributed by atoms with Gasteiger partial charge in [0.15, 0.2) is 0 Å². The van der Waals surface area contributed by atoms with E-state index >= 15 is 0 Å². The zero-order valence-electron chi connectivity index (χ0n) is 39.2. The van der Waals surface area contributed by atoms with Crippen LogP contribution in [0.3, 0.4) is 0 Å². The Morgan fingerprint density at radius 2 is 1.28 bits per heavy atom. The summed E-state index contributed by atoms with van der Waals surface area (Å²) in [6.07, 6.45) is 1.92. The summed E-state index contributed by atoms with van der Waals surface area (Å²) in [4.78, 5) is 134. The van der Waals surface area contributed by atoms with Gasteiger partial charge in [-0.25, -0.2) is 0 Å². The molecule has 3 aromatic carbocycles. The third kappa shape index (κ3) is 16.4. The quantitative estimate of drug-likeness (QED) is 0.0375. The Kier molecular flexibility index (Phi) is 19.6. The number of aromatic hydroxyl groups is 1. The Morgan fingerprint density at radius 1 is 0.690 bits per heavy atom. The number of primary amides is 1. The number of carbonyl (C=O) groups excluding carboxylic acids is 9. The number of rotatable bonds is 26. The molecule has 0 radical (unpaired) electrons. The van der Waals surface area contributed by atoms with Crippen LogP contribution in [-0.2, 0) is 67.2 Å². The van der Waals surface area contributed by atoms with Crippen molar-refractivity contribution in [2.75, 3.05) is 6.54 Å².